The Morgan fingerprint density at radius 1 is 0.600 bits per heavy atom. The standard InChI is InChI=1S/C29H25N/c1-20-13-16-24(17-14-20)28-25-18-15-21(2)19-26(25)27(22-9-5-3-6-10-22)29(30-28)23-11-7-4-8-12-23/h3-19,27,29H,1-2H3. The second-order valence-corrected chi connectivity index (χ2v) is 8.18. The number of hydrogen-bond acceptors (Lipinski definition) is 1. The van der Waals surface area contributed by atoms with Crippen molar-refractivity contribution in [1.82, 2.24) is 0 Å². The van der Waals surface area contributed by atoms with E-state index in [0.29, 0.717) is 0 Å². The topological polar surface area (TPSA) is 12.4 Å². The Labute approximate surface area is 178 Å². The zero-order valence-electron chi connectivity index (χ0n) is 17.4. The minimum absolute atomic E-state index is 0.0409. The maximum atomic E-state index is 5.40. The first kappa shape index (κ1) is 18.6. The van der Waals surface area contributed by atoms with Crippen molar-refractivity contribution in [1.29, 1.82) is 0 Å². The lowest BCUT2D eigenvalue weighted by molar-refractivity contribution is 0.621. The van der Waals surface area contributed by atoms with Crippen molar-refractivity contribution in [3.8, 4) is 0 Å². The van der Waals surface area contributed by atoms with Crippen molar-refractivity contribution in [2.24, 2.45) is 4.99 Å². The van der Waals surface area contributed by atoms with E-state index in [9.17, 15) is 0 Å². The Balaban J connectivity index is 1.77. The minimum Gasteiger partial charge on any atom is -0.275 e. The molecule has 0 N–H and O–H groups in total. The fraction of sp³-hybridized carbons (Fsp3) is 0.138. The lowest BCUT2D eigenvalue weighted by Crippen LogP contribution is -2.23. The molecule has 0 bridgehead atoms. The van der Waals surface area contributed by atoms with Crippen LogP contribution < -0.4 is 0 Å². The summed E-state index contributed by atoms with van der Waals surface area (Å²) in [5, 5.41) is 0. The first-order valence-corrected chi connectivity index (χ1v) is 10.6. The van der Waals surface area contributed by atoms with Gasteiger partial charge in [0.1, 0.15) is 0 Å². The second kappa shape index (κ2) is 7.76. The molecule has 5 rings (SSSR count). The van der Waals surface area contributed by atoms with Gasteiger partial charge in [-0.3, -0.25) is 4.99 Å². The summed E-state index contributed by atoms with van der Waals surface area (Å²) in [6.45, 7) is 4.30. The van der Waals surface area contributed by atoms with Crippen molar-refractivity contribution in [3.63, 3.8) is 0 Å². The van der Waals surface area contributed by atoms with Crippen molar-refractivity contribution < 1.29 is 0 Å². The molecular weight excluding hydrogens is 362 g/mol. The second-order valence-electron chi connectivity index (χ2n) is 8.18. The van der Waals surface area contributed by atoms with Gasteiger partial charge < -0.3 is 0 Å². The Bertz CT molecular complexity index is 1190. The third kappa shape index (κ3) is 3.37. The van der Waals surface area contributed by atoms with Gasteiger partial charge in [0, 0.05) is 17.0 Å². The van der Waals surface area contributed by atoms with Crippen LogP contribution in [0.5, 0.6) is 0 Å². The van der Waals surface area contributed by atoms with Gasteiger partial charge in [0.15, 0.2) is 0 Å². The average molecular weight is 388 g/mol. The molecule has 4 aromatic rings. The summed E-state index contributed by atoms with van der Waals surface area (Å²) in [6.07, 6.45) is 0. The summed E-state index contributed by atoms with van der Waals surface area (Å²) >= 11 is 0. The van der Waals surface area contributed by atoms with Gasteiger partial charge in [0.25, 0.3) is 0 Å². The fourth-order valence-electron chi connectivity index (χ4n) is 4.49. The molecule has 1 heteroatoms. The maximum Gasteiger partial charge on any atom is 0.0865 e. The molecule has 146 valence electrons. The highest BCUT2D eigenvalue weighted by Crippen LogP contribution is 2.45. The Hall–Kier alpha value is -3.45. The highest BCUT2D eigenvalue weighted by molar-refractivity contribution is 6.14. The minimum atomic E-state index is 0.0409. The zero-order valence-corrected chi connectivity index (χ0v) is 17.4. The van der Waals surface area contributed by atoms with Crippen LogP contribution in [0, 0.1) is 13.8 Å². The predicted molar refractivity (Wildman–Crippen MR) is 125 cm³/mol. The van der Waals surface area contributed by atoms with E-state index in [0.717, 1.165) is 5.71 Å². The summed E-state index contributed by atoms with van der Waals surface area (Å²) in [7, 11) is 0. The monoisotopic (exact) mass is 387 g/mol. The summed E-state index contributed by atoms with van der Waals surface area (Å²) < 4.78 is 0. The van der Waals surface area contributed by atoms with E-state index in [-0.39, 0.29) is 12.0 Å². The Morgan fingerprint density at radius 2 is 1.20 bits per heavy atom. The number of nitrogens with zero attached hydrogens (tertiary/aromatic N) is 1. The lowest BCUT2D eigenvalue weighted by Gasteiger charge is -2.33. The van der Waals surface area contributed by atoms with Crippen LogP contribution in [0.4, 0.5) is 0 Å². The average Bonchev–Trinajstić information content (AvgIpc) is 2.79. The molecule has 0 aliphatic carbocycles. The van der Waals surface area contributed by atoms with E-state index in [2.05, 4.69) is 117 Å². The molecule has 2 atom stereocenters. The van der Waals surface area contributed by atoms with Crippen molar-refractivity contribution in [2.45, 2.75) is 25.8 Å². The number of hydrogen-bond donors (Lipinski definition) is 0. The van der Waals surface area contributed by atoms with E-state index in [4.69, 9.17) is 4.99 Å². The summed E-state index contributed by atoms with van der Waals surface area (Å²) in [4.78, 5) is 5.40. The quantitative estimate of drug-likeness (QED) is 0.358. The molecule has 1 nitrogen and oxygen atoms in total. The van der Waals surface area contributed by atoms with Crippen LogP contribution in [-0.4, -0.2) is 5.71 Å². The third-order valence-electron chi connectivity index (χ3n) is 6.01. The van der Waals surface area contributed by atoms with Crippen molar-refractivity contribution in [2.75, 3.05) is 0 Å². The normalized spacial score (nSPS) is 17.9. The Kier molecular flexibility index (Phi) is 4.80. The predicted octanol–water partition coefficient (Wildman–Crippen LogP) is 7.03. The molecule has 30 heavy (non-hydrogen) atoms. The van der Waals surface area contributed by atoms with Gasteiger partial charge in [-0.1, -0.05) is 114 Å². The van der Waals surface area contributed by atoms with Gasteiger partial charge in [0.05, 0.1) is 11.8 Å². The molecule has 1 aliphatic rings. The Morgan fingerprint density at radius 3 is 1.87 bits per heavy atom. The molecule has 1 heterocycles. The van der Waals surface area contributed by atoms with E-state index in [1.54, 1.807) is 0 Å². The summed E-state index contributed by atoms with van der Waals surface area (Å²) in [5.41, 5.74) is 9.98. The summed E-state index contributed by atoms with van der Waals surface area (Å²) in [6, 6.07) is 37.1. The summed E-state index contributed by atoms with van der Waals surface area (Å²) in [5.74, 6) is 0.192. The molecule has 1 aliphatic heterocycles. The maximum absolute atomic E-state index is 5.40. The van der Waals surface area contributed by atoms with Gasteiger partial charge in [-0.2, -0.15) is 0 Å². The van der Waals surface area contributed by atoms with Crippen LogP contribution in [0.25, 0.3) is 0 Å². The molecule has 4 aromatic carbocycles. The number of rotatable bonds is 3. The third-order valence-corrected chi connectivity index (χ3v) is 6.01. The fourth-order valence-corrected chi connectivity index (χ4v) is 4.49. The molecule has 0 saturated heterocycles. The van der Waals surface area contributed by atoms with Crippen LogP contribution >= 0.6 is 0 Å². The van der Waals surface area contributed by atoms with Gasteiger partial charge in [-0.25, -0.2) is 0 Å². The first-order chi connectivity index (χ1) is 14.7. The highest BCUT2D eigenvalue weighted by Gasteiger charge is 2.33. The van der Waals surface area contributed by atoms with Crippen LogP contribution in [-0.2, 0) is 0 Å². The molecule has 0 spiro atoms. The highest BCUT2D eigenvalue weighted by atomic mass is 14.8. The van der Waals surface area contributed by atoms with E-state index in [1.165, 1.54) is 38.9 Å². The number of fused-ring (bicyclic) bond motifs is 1. The van der Waals surface area contributed by atoms with Crippen molar-refractivity contribution in [3.05, 3.63) is 142 Å². The molecule has 0 radical (unpaired) electrons. The van der Waals surface area contributed by atoms with Gasteiger partial charge in [-0.05, 0) is 30.5 Å². The van der Waals surface area contributed by atoms with Gasteiger partial charge in [0.2, 0.25) is 0 Å². The molecule has 0 amide bonds. The van der Waals surface area contributed by atoms with Crippen LogP contribution in [0.3, 0.4) is 0 Å². The van der Waals surface area contributed by atoms with Gasteiger partial charge in [-0.15, -0.1) is 0 Å². The van der Waals surface area contributed by atoms with Crippen LogP contribution in [0.15, 0.2) is 108 Å². The van der Waals surface area contributed by atoms with E-state index < -0.39 is 0 Å². The van der Waals surface area contributed by atoms with E-state index >= 15 is 0 Å². The SMILES string of the molecule is Cc1ccc(C2=NC(c3ccccc3)C(c3ccccc3)c3cc(C)ccc32)cc1. The molecule has 0 fully saturated rings. The van der Waals surface area contributed by atoms with E-state index in [1.807, 2.05) is 0 Å². The van der Waals surface area contributed by atoms with Crippen LogP contribution in [0.2, 0.25) is 0 Å². The first-order valence-electron chi connectivity index (χ1n) is 10.6. The lowest BCUT2D eigenvalue weighted by atomic mass is 9.76. The zero-order chi connectivity index (χ0) is 20.5. The van der Waals surface area contributed by atoms with Crippen molar-refractivity contribution >= 4 is 5.71 Å². The number of benzene rings is 4. The molecular formula is C29H25N. The molecule has 2 unspecified atom stereocenters. The van der Waals surface area contributed by atoms with Gasteiger partial charge >= 0.3 is 0 Å². The number of aryl methyl sites for hydroxylation is 2. The smallest absolute Gasteiger partial charge is 0.0865 e. The van der Waals surface area contributed by atoms with Crippen LogP contribution in [0.1, 0.15) is 50.9 Å². The largest absolute Gasteiger partial charge is 0.275 e. The molecule has 0 aromatic heterocycles. The molecule has 0 saturated carbocycles. The number of aliphatic imine (C=N–C) groups is 1.